The van der Waals surface area contributed by atoms with Crippen molar-refractivity contribution in [2.24, 2.45) is 0 Å². The van der Waals surface area contributed by atoms with Crippen molar-refractivity contribution < 1.29 is 0 Å². The van der Waals surface area contributed by atoms with Crippen LogP contribution < -0.4 is 10.6 Å². The lowest BCUT2D eigenvalue weighted by molar-refractivity contribution is 0.0416. The number of hydrogen-bond acceptors (Lipinski definition) is 5. The van der Waals surface area contributed by atoms with E-state index in [0.717, 1.165) is 52.0 Å². The molecule has 0 amide bonds. The van der Waals surface area contributed by atoms with Crippen molar-refractivity contribution in [2.45, 2.75) is 31.3 Å². The summed E-state index contributed by atoms with van der Waals surface area (Å²) in [7, 11) is 2.21. The zero-order chi connectivity index (χ0) is 41.0. The Labute approximate surface area is 358 Å². The van der Waals surface area contributed by atoms with E-state index >= 15 is 0 Å². The van der Waals surface area contributed by atoms with Crippen LogP contribution in [-0.4, -0.2) is 21.9 Å². The zero-order valence-electron chi connectivity index (χ0n) is 34.2. The Hall–Kier alpha value is -7.02. The molecule has 1 aliphatic carbocycles. The molecular formula is C56H47N5. The SMILES string of the molecule is CN1C(c2ccccc2)NC(c2ccccc2)NC1c1cccc(C2=CC(c3cc(-c4ccc(-c5ccccc5)cc4)nc(-c4ccc(-c5ccncc5)cc4)c3)=CCC2)c1. The summed E-state index contributed by atoms with van der Waals surface area (Å²) in [4.78, 5) is 11.9. The average molecular weight is 790 g/mol. The summed E-state index contributed by atoms with van der Waals surface area (Å²) < 4.78 is 0. The van der Waals surface area contributed by atoms with Gasteiger partial charge >= 0.3 is 0 Å². The van der Waals surface area contributed by atoms with Gasteiger partial charge in [0, 0.05) is 23.5 Å². The van der Waals surface area contributed by atoms with Crippen LogP contribution in [0.25, 0.3) is 55.9 Å². The topological polar surface area (TPSA) is 53.1 Å². The summed E-state index contributed by atoms with van der Waals surface area (Å²) in [6.07, 6.45) is 10.4. The molecule has 0 spiro atoms. The standard InChI is InChI=1S/C56H47N5/c1-61-55(46-17-9-4-10-18-46)59-54(45-15-7-3-8-16-45)60-56(61)50-22-12-20-48(36-50)47-19-11-21-49(35-47)51-37-52(43-27-23-40(24-28-43)39-13-5-2-6-14-39)58-53(38-51)44-29-25-41(26-30-44)42-31-33-57-34-32-42/h2-10,12-18,20-38,54-56,59-60H,11,19H2,1H3. The maximum atomic E-state index is 5.30. The molecule has 6 aromatic carbocycles. The predicted octanol–water partition coefficient (Wildman–Crippen LogP) is 12.9. The van der Waals surface area contributed by atoms with Crippen molar-refractivity contribution in [3.8, 4) is 44.8 Å². The number of aromatic nitrogens is 2. The summed E-state index contributed by atoms with van der Waals surface area (Å²) in [5.41, 5.74) is 17.4. The van der Waals surface area contributed by atoms with Crippen LogP contribution in [0.2, 0.25) is 0 Å². The summed E-state index contributed by atoms with van der Waals surface area (Å²) >= 11 is 0. The molecule has 3 unspecified atom stereocenters. The number of benzene rings is 6. The normalized spacial score (nSPS) is 18.0. The van der Waals surface area contributed by atoms with E-state index in [-0.39, 0.29) is 18.5 Å². The molecule has 2 aromatic heterocycles. The van der Waals surface area contributed by atoms with Gasteiger partial charge in [0.2, 0.25) is 0 Å². The molecule has 1 aliphatic heterocycles. The van der Waals surface area contributed by atoms with Crippen LogP contribution in [0, 0.1) is 0 Å². The van der Waals surface area contributed by atoms with Gasteiger partial charge in [-0.15, -0.1) is 0 Å². The number of rotatable bonds is 9. The highest BCUT2D eigenvalue weighted by Gasteiger charge is 2.34. The van der Waals surface area contributed by atoms with Gasteiger partial charge < -0.3 is 0 Å². The highest BCUT2D eigenvalue weighted by molar-refractivity contribution is 5.88. The van der Waals surface area contributed by atoms with Crippen molar-refractivity contribution in [1.82, 2.24) is 25.5 Å². The molecule has 8 aromatic rings. The van der Waals surface area contributed by atoms with Crippen LogP contribution in [0.1, 0.15) is 59.2 Å². The molecule has 2 aliphatic rings. The first-order valence-corrected chi connectivity index (χ1v) is 21.2. The minimum absolute atomic E-state index is 0.0145. The van der Waals surface area contributed by atoms with E-state index in [2.05, 4.69) is 216 Å². The second-order valence-electron chi connectivity index (χ2n) is 15.9. The molecule has 1 saturated heterocycles. The number of pyridine rings is 2. The van der Waals surface area contributed by atoms with Crippen molar-refractivity contribution >= 4 is 11.1 Å². The second kappa shape index (κ2) is 17.3. The van der Waals surface area contributed by atoms with E-state index in [4.69, 9.17) is 4.98 Å². The maximum absolute atomic E-state index is 5.30. The van der Waals surface area contributed by atoms with Gasteiger partial charge in [-0.25, -0.2) is 4.98 Å². The van der Waals surface area contributed by atoms with E-state index in [1.165, 1.54) is 44.5 Å². The first-order valence-electron chi connectivity index (χ1n) is 21.2. The molecule has 0 radical (unpaired) electrons. The number of nitrogens with one attached hydrogen (secondary N) is 2. The lowest BCUT2D eigenvalue weighted by Gasteiger charge is -2.45. The van der Waals surface area contributed by atoms with Gasteiger partial charge in [0.25, 0.3) is 0 Å². The van der Waals surface area contributed by atoms with Crippen LogP contribution in [0.15, 0.2) is 213 Å². The molecule has 5 heteroatoms. The quantitative estimate of drug-likeness (QED) is 0.153. The van der Waals surface area contributed by atoms with Gasteiger partial charge in [0.05, 0.1) is 29.9 Å². The van der Waals surface area contributed by atoms with E-state index in [1.54, 1.807) is 0 Å². The summed E-state index contributed by atoms with van der Waals surface area (Å²) in [6, 6.07) is 67.2. The van der Waals surface area contributed by atoms with Crippen LogP contribution in [-0.2, 0) is 0 Å². The predicted molar refractivity (Wildman–Crippen MR) is 251 cm³/mol. The fourth-order valence-corrected chi connectivity index (χ4v) is 8.76. The number of nitrogens with zero attached hydrogens (tertiary/aromatic N) is 3. The van der Waals surface area contributed by atoms with Gasteiger partial charge in [-0.2, -0.15) is 0 Å². The second-order valence-corrected chi connectivity index (χ2v) is 15.9. The average Bonchev–Trinajstić information content (AvgIpc) is 3.35. The first kappa shape index (κ1) is 38.2. The molecule has 1 fully saturated rings. The summed E-state index contributed by atoms with van der Waals surface area (Å²) in [6.45, 7) is 0. The fraction of sp³-hybridized carbons (Fsp3) is 0.107. The first-order chi connectivity index (χ1) is 30.1. The van der Waals surface area contributed by atoms with Crippen molar-refractivity contribution in [2.75, 3.05) is 7.05 Å². The van der Waals surface area contributed by atoms with E-state index in [1.807, 2.05) is 24.5 Å². The number of hydrogen-bond donors (Lipinski definition) is 2. The van der Waals surface area contributed by atoms with Crippen molar-refractivity contribution in [3.63, 3.8) is 0 Å². The third kappa shape index (κ3) is 8.28. The minimum Gasteiger partial charge on any atom is -0.279 e. The zero-order valence-corrected chi connectivity index (χ0v) is 34.2. The van der Waals surface area contributed by atoms with Crippen LogP contribution in [0.5, 0.6) is 0 Å². The molecule has 0 bridgehead atoms. The monoisotopic (exact) mass is 789 g/mol. The summed E-state index contributed by atoms with van der Waals surface area (Å²) in [5.74, 6) is 0. The lowest BCUT2D eigenvalue weighted by Crippen LogP contribution is -2.54. The largest absolute Gasteiger partial charge is 0.279 e. The Morgan fingerprint density at radius 1 is 0.459 bits per heavy atom. The van der Waals surface area contributed by atoms with Gasteiger partial charge in [0.1, 0.15) is 0 Å². The van der Waals surface area contributed by atoms with Crippen LogP contribution in [0.3, 0.4) is 0 Å². The lowest BCUT2D eigenvalue weighted by atomic mass is 9.89. The molecule has 10 rings (SSSR count). The van der Waals surface area contributed by atoms with E-state index in [9.17, 15) is 0 Å². The van der Waals surface area contributed by atoms with E-state index in [0.29, 0.717) is 0 Å². The van der Waals surface area contributed by atoms with E-state index < -0.39 is 0 Å². The molecule has 296 valence electrons. The van der Waals surface area contributed by atoms with Crippen LogP contribution >= 0.6 is 0 Å². The smallest absolute Gasteiger partial charge is 0.0888 e. The van der Waals surface area contributed by atoms with Gasteiger partial charge in [-0.1, -0.05) is 170 Å². The van der Waals surface area contributed by atoms with Crippen LogP contribution in [0.4, 0.5) is 0 Å². The Balaban J connectivity index is 0.994. The molecule has 3 atom stereocenters. The van der Waals surface area contributed by atoms with Gasteiger partial charge in [-0.05, 0) is 111 Å². The molecule has 0 saturated carbocycles. The van der Waals surface area contributed by atoms with Crippen molar-refractivity contribution in [1.29, 1.82) is 0 Å². The fourth-order valence-electron chi connectivity index (χ4n) is 8.76. The third-order valence-corrected chi connectivity index (χ3v) is 12.0. The molecular weight excluding hydrogens is 743 g/mol. The highest BCUT2D eigenvalue weighted by atomic mass is 15.4. The maximum Gasteiger partial charge on any atom is 0.0888 e. The van der Waals surface area contributed by atoms with Crippen molar-refractivity contribution in [3.05, 3.63) is 240 Å². The summed E-state index contributed by atoms with van der Waals surface area (Å²) in [5, 5.41) is 7.82. The number of allylic oxidation sites excluding steroid dienone is 4. The molecule has 61 heavy (non-hydrogen) atoms. The minimum atomic E-state index is -0.0174. The third-order valence-electron chi connectivity index (χ3n) is 12.0. The molecule has 3 heterocycles. The van der Waals surface area contributed by atoms with Gasteiger partial charge in [0.15, 0.2) is 0 Å². The Bertz CT molecular complexity index is 2700. The Morgan fingerprint density at radius 2 is 0.951 bits per heavy atom. The molecule has 5 nitrogen and oxygen atoms in total. The Morgan fingerprint density at radius 3 is 1.57 bits per heavy atom. The highest BCUT2D eigenvalue weighted by Crippen LogP contribution is 2.38. The molecule has 2 N–H and O–H groups in total. The Kier molecular flexibility index (Phi) is 10.8. The van der Waals surface area contributed by atoms with Gasteiger partial charge in [-0.3, -0.25) is 20.5 Å².